The lowest BCUT2D eigenvalue weighted by atomic mass is 10.1. The van der Waals surface area contributed by atoms with Crippen LogP contribution in [-0.2, 0) is 13.1 Å². The molecule has 0 atom stereocenters. The molecule has 294 valence electrons. The van der Waals surface area contributed by atoms with Gasteiger partial charge in [0.05, 0.1) is 0 Å². The van der Waals surface area contributed by atoms with Crippen LogP contribution in [0.4, 0.5) is 0 Å². The zero-order chi connectivity index (χ0) is 24.9. The molecule has 2 aliphatic heterocycles. The molecular formula is C28H68Cl8N8O3. The van der Waals surface area contributed by atoms with Crippen LogP contribution in [0.25, 0.3) is 0 Å². The highest BCUT2D eigenvalue weighted by Crippen LogP contribution is 2.11. The van der Waals surface area contributed by atoms with Gasteiger partial charge in [0.25, 0.3) is 0 Å². The molecule has 0 aromatic heterocycles. The van der Waals surface area contributed by atoms with Gasteiger partial charge in [-0.3, -0.25) is 9.80 Å². The normalized spacial score (nSPS) is 17.5. The van der Waals surface area contributed by atoms with E-state index in [0.29, 0.717) is 0 Å². The predicted octanol–water partition coefficient (Wildman–Crippen LogP) is 1.32. The second-order valence-corrected chi connectivity index (χ2v) is 10.3. The molecule has 0 saturated carbocycles. The molecule has 19 heteroatoms. The summed E-state index contributed by atoms with van der Waals surface area (Å²) in [5.74, 6) is 0. The van der Waals surface area contributed by atoms with E-state index in [-0.39, 0.29) is 116 Å². The van der Waals surface area contributed by atoms with E-state index in [1.165, 1.54) is 36.8 Å². The number of rotatable bonds is 4. The third-order valence-corrected chi connectivity index (χ3v) is 7.07. The zero-order valence-electron chi connectivity index (χ0n) is 27.5. The van der Waals surface area contributed by atoms with Crippen molar-refractivity contribution < 1.29 is 16.4 Å². The van der Waals surface area contributed by atoms with Crippen molar-refractivity contribution in [3.63, 3.8) is 0 Å². The fraction of sp³-hybridized carbons (Fsp3) is 0.786. The lowest BCUT2D eigenvalue weighted by Crippen LogP contribution is -2.36. The monoisotopic (exact) mass is 844 g/mol. The summed E-state index contributed by atoms with van der Waals surface area (Å²) in [6.45, 7) is 19.6. The lowest BCUT2D eigenvalue weighted by molar-refractivity contribution is 0.258. The number of hydrogen-bond acceptors (Lipinski definition) is 8. The maximum absolute atomic E-state index is 3.63. The van der Waals surface area contributed by atoms with Crippen LogP contribution in [0.2, 0.25) is 0 Å². The third kappa shape index (κ3) is 36.7. The largest absolute Gasteiger partial charge is 0.412 e. The molecule has 2 fully saturated rings. The molecule has 2 heterocycles. The lowest BCUT2D eigenvalue weighted by Gasteiger charge is -2.24. The van der Waals surface area contributed by atoms with Gasteiger partial charge < -0.3 is 48.3 Å². The Labute approximate surface area is 334 Å². The summed E-state index contributed by atoms with van der Waals surface area (Å²) >= 11 is 0. The Morgan fingerprint density at radius 3 is 0.894 bits per heavy atom. The number of nitrogens with zero attached hydrogens (tertiary/aromatic N) is 2. The van der Waals surface area contributed by atoms with Gasteiger partial charge in [-0.05, 0) is 89.2 Å². The standard InChI is InChI=1S/C28H54N8.8ClH.3H2O/c1-9-29-15-17-31-13-3-21-35(23-19-33-11-1)25-27-5-7-28(8-6-27)26-36-22-4-14-32-18-16-30-10-2-12-34-20-24-36;;;;;;;;;;;/h5-8,29-34H,1-4,9-26H2;8*1H;3*1H2. The molecule has 12 N–H and O–H groups in total. The van der Waals surface area contributed by atoms with Gasteiger partial charge in [0.2, 0.25) is 0 Å². The molecule has 3 rings (SSSR count). The van der Waals surface area contributed by atoms with E-state index >= 15 is 0 Å². The van der Waals surface area contributed by atoms with Crippen molar-refractivity contribution in [2.75, 3.05) is 105 Å². The molecule has 0 bridgehead atoms. The maximum atomic E-state index is 3.63. The van der Waals surface area contributed by atoms with Crippen molar-refractivity contribution >= 4 is 99.3 Å². The Kier molecular flexibility index (Phi) is 73.1. The minimum Gasteiger partial charge on any atom is -0.412 e. The quantitative estimate of drug-likeness (QED) is 0.264. The highest BCUT2D eigenvalue weighted by molar-refractivity contribution is 5.86. The molecule has 0 radical (unpaired) electrons. The van der Waals surface area contributed by atoms with Gasteiger partial charge in [-0.25, -0.2) is 0 Å². The topological polar surface area (TPSA) is 173 Å². The van der Waals surface area contributed by atoms with Crippen molar-refractivity contribution in [2.45, 2.75) is 38.8 Å². The molecule has 1 aromatic rings. The second-order valence-electron chi connectivity index (χ2n) is 10.3. The van der Waals surface area contributed by atoms with Gasteiger partial charge in [-0.1, -0.05) is 24.3 Å². The highest BCUT2D eigenvalue weighted by atomic mass is 35.5. The van der Waals surface area contributed by atoms with Crippen molar-refractivity contribution in [3.05, 3.63) is 35.4 Å². The van der Waals surface area contributed by atoms with Gasteiger partial charge >= 0.3 is 0 Å². The molecule has 0 spiro atoms. The van der Waals surface area contributed by atoms with Crippen LogP contribution in [0.1, 0.15) is 36.8 Å². The van der Waals surface area contributed by atoms with E-state index in [2.05, 4.69) is 66.0 Å². The smallest absolute Gasteiger partial charge is 0.0234 e. The van der Waals surface area contributed by atoms with Gasteiger partial charge in [-0.15, -0.1) is 99.3 Å². The van der Waals surface area contributed by atoms with E-state index in [4.69, 9.17) is 0 Å². The van der Waals surface area contributed by atoms with Crippen LogP contribution >= 0.6 is 99.3 Å². The third-order valence-electron chi connectivity index (χ3n) is 7.07. The number of nitrogens with one attached hydrogen (secondary N) is 6. The predicted molar refractivity (Wildman–Crippen MR) is 222 cm³/mol. The van der Waals surface area contributed by atoms with Gasteiger partial charge in [-0.2, -0.15) is 0 Å². The summed E-state index contributed by atoms with van der Waals surface area (Å²) in [4.78, 5) is 5.23. The SMILES string of the molecule is Cl.Cl.Cl.Cl.Cl.Cl.Cl.Cl.O.O.O.c1cc(CN2CCCNCCNCCCNCC2)ccc1CN1CCCNCCNCCCNCC1. The average Bonchev–Trinajstić information content (AvgIpc) is 2.89. The number of halogens is 8. The average molecular weight is 849 g/mol. The molecule has 47 heavy (non-hydrogen) atoms. The summed E-state index contributed by atoms with van der Waals surface area (Å²) < 4.78 is 0. The first kappa shape index (κ1) is 69.8. The van der Waals surface area contributed by atoms with Crippen LogP contribution in [0.15, 0.2) is 24.3 Å². The summed E-state index contributed by atoms with van der Waals surface area (Å²) in [6, 6.07) is 9.42. The molecule has 0 unspecified atom stereocenters. The molecule has 2 saturated heterocycles. The molecule has 0 amide bonds. The molecule has 11 nitrogen and oxygen atoms in total. The molecule has 1 aromatic carbocycles. The minimum absolute atomic E-state index is 0. The number of hydrogen-bond donors (Lipinski definition) is 6. The summed E-state index contributed by atoms with van der Waals surface area (Å²) in [6.07, 6.45) is 4.80. The van der Waals surface area contributed by atoms with E-state index < -0.39 is 0 Å². The fourth-order valence-corrected chi connectivity index (χ4v) is 4.92. The van der Waals surface area contributed by atoms with Crippen molar-refractivity contribution in [3.8, 4) is 0 Å². The van der Waals surface area contributed by atoms with Crippen molar-refractivity contribution in [2.24, 2.45) is 0 Å². The summed E-state index contributed by atoms with van der Waals surface area (Å²) in [5, 5.41) is 21.4. The Morgan fingerprint density at radius 1 is 0.340 bits per heavy atom. The van der Waals surface area contributed by atoms with Crippen LogP contribution in [-0.4, -0.2) is 131 Å². The van der Waals surface area contributed by atoms with Gasteiger partial charge in [0.1, 0.15) is 0 Å². The fourth-order valence-electron chi connectivity index (χ4n) is 4.92. The Morgan fingerprint density at radius 2 is 0.596 bits per heavy atom. The second kappa shape index (κ2) is 49.2. The Balaban J connectivity index is -0.000000188. The first-order valence-electron chi connectivity index (χ1n) is 14.7. The van der Waals surface area contributed by atoms with E-state index in [0.717, 1.165) is 118 Å². The van der Waals surface area contributed by atoms with Crippen LogP contribution in [0, 0.1) is 0 Å². The molecule has 0 aliphatic carbocycles. The maximum Gasteiger partial charge on any atom is 0.0234 e. The van der Waals surface area contributed by atoms with Gasteiger partial charge in [0, 0.05) is 65.4 Å². The first-order chi connectivity index (χ1) is 17.9. The molecular weight excluding hydrogens is 780 g/mol. The summed E-state index contributed by atoms with van der Waals surface area (Å²) in [7, 11) is 0. The van der Waals surface area contributed by atoms with Crippen molar-refractivity contribution in [1.29, 1.82) is 0 Å². The first-order valence-corrected chi connectivity index (χ1v) is 14.7. The Hall–Kier alpha value is 1.10. The van der Waals surface area contributed by atoms with Crippen molar-refractivity contribution in [1.82, 2.24) is 41.7 Å². The van der Waals surface area contributed by atoms with Gasteiger partial charge in [0.15, 0.2) is 0 Å². The number of benzene rings is 1. The summed E-state index contributed by atoms with van der Waals surface area (Å²) in [5.41, 5.74) is 2.86. The molecule has 2 aliphatic rings. The Bertz CT molecular complexity index is 604. The van der Waals surface area contributed by atoms with E-state index in [1.54, 1.807) is 0 Å². The van der Waals surface area contributed by atoms with Crippen LogP contribution in [0.5, 0.6) is 0 Å². The minimum atomic E-state index is 0. The van der Waals surface area contributed by atoms with E-state index in [1.807, 2.05) is 0 Å². The van der Waals surface area contributed by atoms with Crippen LogP contribution < -0.4 is 31.9 Å². The highest BCUT2D eigenvalue weighted by Gasteiger charge is 2.09. The van der Waals surface area contributed by atoms with Crippen LogP contribution in [0.3, 0.4) is 0 Å². The zero-order valence-corrected chi connectivity index (χ0v) is 34.1. The van der Waals surface area contributed by atoms with E-state index in [9.17, 15) is 0 Å².